The number of aryl methyl sites for hydroxylation is 1. The van der Waals surface area contributed by atoms with Gasteiger partial charge in [0.2, 0.25) is 0 Å². The SMILES string of the molecule is Cc1c(-c2ccccc2)ccc2c(-c3cc(-c4cccc5c4nc(-c4cc(C(C)(C)C)cc(C(C)(C)C)c4O)n5-c4ccc(C(C)(C)C)cc4-c4ccccc4)cc(C(C)(C)C)c3)ncnc12. The van der Waals surface area contributed by atoms with Gasteiger partial charge in [0, 0.05) is 27.6 Å². The molecule has 9 aromatic rings. The molecule has 0 saturated heterocycles. The van der Waals surface area contributed by atoms with Gasteiger partial charge in [-0.15, -0.1) is 0 Å². The zero-order valence-electron chi connectivity index (χ0n) is 41.6. The van der Waals surface area contributed by atoms with Crippen LogP contribution in [0.3, 0.4) is 0 Å². The highest BCUT2D eigenvalue weighted by Crippen LogP contribution is 2.46. The van der Waals surface area contributed by atoms with Crippen LogP contribution in [0.1, 0.15) is 111 Å². The van der Waals surface area contributed by atoms with Gasteiger partial charge in [0.15, 0.2) is 0 Å². The first-order valence-electron chi connectivity index (χ1n) is 23.7. The molecule has 0 aliphatic heterocycles. The minimum absolute atomic E-state index is 0.0797. The van der Waals surface area contributed by atoms with Crippen molar-refractivity contribution in [1.29, 1.82) is 0 Å². The fraction of sp³-hybridized carbons (Fsp3) is 0.274. The van der Waals surface area contributed by atoms with E-state index in [2.05, 4.69) is 234 Å². The van der Waals surface area contributed by atoms with Gasteiger partial charge in [-0.05, 0) is 116 Å². The fourth-order valence-corrected chi connectivity index (χ4v) is 9.40. The van der Waals surface area contributed by atoms with E-state index >= 15 is 0 Å². The summed E-state index contributed by atoms with van der Waals surface area (Å²) in [5, 5.41) is 13.6. The van der Waals surface area contributed by atoms with Crippen molar-refractivity contribution >= 4 is 21.9 Å². The number of para-hydroxylation sites is 1. The fourth-order valence-electron chi connectivity index (χ4n) is 9.40. The number of fused-ring (bicyclic) bond motifs is 2. The van der Waals surface area contributed by atoms with Crippen molar-refractivity contribution in [2.24, 2.45) is 0 Å². The van der Waals surface area contributed by atoms with Crippen LogP contribution in [0.15, 0.2) is 146 Å². The molecule has 0 atom stereocenters. The van der Waals surface area contributed by atoms with E-state index < -0.39 is 0 Å². The number of benzene rings is 7. The topological polar surface area (TPSA) is 63.8 Å². The predicted octanol–water partition coefficient (Wildman–Crippen LogP) is 16.5. The molecule has 0 unspecified atom stereocenters. The van der Waals surface area contributed by atoms with Gasteiger partial charge in [-0.25, -0.2) is 15.0 Å². The number of phenolic OH excluding ortho intramolecular Hbond substituents is 1. The molecular weight excluding hydrogens is 817 g/mol. The Morgan fingerprint density at radius 3 is 1.67 bits per heavy atom. The summed E-state index contributed by atoms with van der Waals surface area (Å²) >= 11 is 0. The van der Waals surface area contributed by atoms with E-state index in [1.807, 2.05) is 0 Å². The summed E-state index contributed by atoms with van der Waals surface area (Å²) in [5.41, 5.74) is 17.8. The average Bonchev–Trinajstić information content (AvgIpc) is 3.67. The van der Waals surface area contributed by atoms with Crippen molar-refractivity contribution in [1.82, 2.24) is 19.5 Å². The summed E-state index contributed by atoms with van der Waals surface area (Å²) in [6, 6.07) is 50.1. The largest absolute Gasteiger partial charge is 0.507 e. The van der Waals surface area contributed by atoms with Crippen LogP contribution >= 0.6 is 0 Å². The van der Waals surface area contributed by atoms with Gasteiger partial charge in [-0.3, -0.25) is 4.57 Å². The van der Waals surface area contributed by atoms with Crippen LogP contribution in [0.25, 0.3) is 83.6 Å². The monoisotopic (exact) mass is 881 g/mol. The Balaban J connectivity index is 1.36. The van der Waals surface area contributed by atoms with E-state index in [1.54, 1.807) is 6.33 Å². The molecule has 0 fully saturated rings. The normalized spacial score (nSPS) is 12.6. The Morgan fingerprint density at radius 2 is 1.04 bits per heavy atom. The lowest BCUT2D eigenvalue weighted by Crippen LogP contribution is -2.17. The van der Waals surface area contributed by atoms with Crippen LogP contribution in [0.4, 0.5) is 0 Å². The Hall–Kier alpha value is -6.85. The molecule has 0 radical (unpaired) electrons. The minimum atomic E-state index is -0.331. The van der Waals surface area contributed by atoms with Crippen molar-refractivity contribution in [3.8, 4) is 67.5 Å². The first-order chi connectivity index (χ1) is 31.6. The van der Waals surface area contributed by atoms with Gasteiger partial charge < -0.3 is 5.11 Å². The average molecular weight is 881 g/mol. The second-order valence-corrected chi connectivity index (χ2v) is 22.5. The molecule has 1 N–H and O–H groups in total. The van der Waals surface area contributed by atoms with Crippen LogP contribution in [0.2, 0.25) is 0 Å². The predicted molar refractivity (Wildman–Crippen MR) is 283 cm³/mol. The van der Waals surface area contributed by atoms with Crippen molar-refractivity contribution in [2.75, 3.05) is 0 Å². The maximum atomic E-state index is 12.6. The second-order valence-electron chi connectivity index (χ2n) is 22.5. The number of phenols is 1. The van der Waals surface area contributed by atoms with Crippen LogP contribution < -0.4 is 0 Å². The Labute approximate surface area is 397 Å². The summed E-state index contributed by atoms with van der Waals surface area (Å²) in [5.74, 6) is 0.945. The maximum absolute atomic E-state index is 12.6. The number of rotatable bonds is 6. The molecule has 2 heterocycles. The lowest BCUT2D eigenvalue weighted by atomic mass is 9.79. The Bertz CT molecular complexity index is 3330. The molecule has 0 amide bonds. The highest BCUT2D eigenvalue weighted by atomic mass is 16.3. The molecule has 7 aromatic carbocycles. The highest BCUT2D eigenvalue weighted by molar-refractivity contribution is 6.00. The van der Waals surface area contributed by atoms with Crippen molar-refractivity contribution in [2.45, 2.75) is 112 Å². The smallest absolute Gasteiger partial charge is 0.149 e. The van der Waals surface area contributed by atoms with Gasteiger partial charge in [-0.1, -0.05) is 180 Å². The highest BCUT2D eigenvalue weighted by Gasteiger charge is 2.30. The number of hydrogen-bond donors (Lipinski definition) is 1. The standard InChI is InChI=1S/C62H64N4O/c1-38-46(39-21-16-14-17-22-39)28-29-48-54(38)63-37-64-55(48)42-31-41(32-44(33-42)60(5,6)7)47-25-20-26-53-56(47)65-58(50-35-45(61(8,9)10)36-51(57(50)67)62(11,12)13)66(53)52-30-27-43(59(2,3)4)34-49(52)40-23-18-15-19-24-40/h14-37,67H,1-13H3. The van der Waals surface area contributed by atoms with Gasteiger partial charge >= 0.3 is 0 Å². The van der Waals surface area contributed by atoms with E-state index in [0.29, 0.717) is 11.4 Å². The maximum Gasteiger partial charge on any atom is 0.149 e. The summed E-state index contributed by atoms with van der Waals surface area (Å²) in [6.07, 6.45) is 1.71. The molecular formula is C62H64N4O. The van der Waals surface area contributed by atoms with Crippen LogP contribution in [0.5, 0.6) is 5.75 Å². The molecule has 0 spiro atoms. The number of aromatic nitrogens is 4. The summed E-state index contributed by atoms with van der Waals surface area (Å²) < 4.78 is 2.29. The Morgan fingerprint density at radius 1 is 0.448 bits per heavy atom. The zero-order valence-corrected chi connectivity index (χ0v) is 41.6. The quantitative estimate of drug-likeness (QED) is 0.181. The van der Waals surface area contributed by atoms with Gasteiger partial charge in [0.25, 0.3) is 0 Å². The van der Waals surface area contributed by atoms with Gasteiger partial charge in [0.05, 0.1) is 33.5 Å². The first kappa shape index (κ1) is 45.3. The number of nitrogens with zero attached hydrogens (tertiary/aromatic N) is 4. The number of imidazole rings is 1. The lowest BCUT2D eigenvalue weighted by molar-refractivity contribution is 0.446. The van der Waals surface area contributed by atoms with Gasteiger partial charge in [0.1, 0.15) is 17.9 Å². The molecule has 2 aromatic heterocycles. The summed E-state index contributed by atoms with van der Waals surface area (Å²) in [7, 11) is 0. The number of aromatic hydroxyl groups is 1. The summed E-state index contributed by atoms with van der Waals surface area (Å²) in [6.45, 7) is 29.0. The molecule has 67 heavy (non-hydrogen) atoms. The third-order valence-corrected chi connectivity index (χ3v) is 13.4. The van der Waals surface area contributed by atoms with E-state index in [9.17, 15) is 5.11 Å². The molecule has 5 heteroatoms. The zero-order chi connectivity index (χ0) is 47.8. The molecule has 0 bridgehead atoms. The number of hydrogen-bond acceptors (Lipinski definition) is 4. The van der Waals surface area contributed by atoms with E-state index in [1.165, 1.54) is 16.7 Å². The first-order valence-corrected chi connectivity index (χ1v) is 23.7. The van der Waals surface area contributed by atoms with E-state index in [-0.39, 0.29) is 27.4 Å². The van der Waals surface area contributed by atoms with Gasteiger partial charge in [-0.2, -0.15) is 0 Å². The molecule has 0 aliphatic rings. The molecule has 5 nitrogen and oxygen atoms in total. The molecule has 9 rings (SSSR count). The third kappa shape index (κ3) is 8.46. The van der Waals surface area contributed by atoms with Crippen LogP contribution in [-0.2, 0) is 21.7 Å². The van der Waals surface area contributed by atoms with Crippen LogP contribution in [-0.4, -0.2) is 24.6 Å². The van der Waals surface area contributed by atoms with E-state index in [0.717, 1.165) is 83.4 Å². The molecule has 0 aliphatic carbocycles. The van der Waals surface area contributed by atoms with E-state index in [4.69, 9.17) is 15.0 Å². The lowest BCUT2D eigenvalue weighted by Gasteiger charge is -2.28. The van der Waals surface area contributed by atoms with Crippen LogP contribution in [0, 0.1) is 6.92 Å². The minimum Gasteiger partial charge on any atom is -0.507 e. The summed E-state index contributed by atoms with van der Waals surface area (Å²) in [4.78, 5) is 15.6. The third-order valence-electron chi connectivity index (χ3n) is 13.4. The van der Waals surface area contributed by atoms with Crippen molar-refractivity contribution in [3.05, 3.63) is 174 Å². The van der Waals surface area contributed by atoms with Crippen molar-refractivity contribution < 1.29 is 5.11 Å². The van der Waals surface area contributed by atoms with Crippen molar-refractivity contribution in [3.63, 3.8) is 0 Å². The Kier molecular flexibility index (Phi) is 11.1. The molecule has 338 valence electrons. The second kappa shape index (κ2) is 16.5. The molecule has 0 saturated carbocycles.